The summed E-state index contributed by atoms with van der Waals surface area (Å²) in [6, 6.07) is 5.44. The normalized spacial score (nSPS) is 16.7. The molecule has 0 spiro atoms. The molecule has 0 aliphatic carbocycles. The van der Waals surface area contributed by atoms with Gasteiger partial charge < -0.3 is 4.90 Å². The van der Waals surface area contributed by atoms with E-state index >= 15 is 0 Å². The highest BCUT2D eigenvalue weighted by Crippen LogP contribution is 2.11. The SMILES string of the molecule is O=C(c1ccccn1)N1CCSCC1. The van der Waals surface area contributed by atoms with Crippen molar-refractivity contribution in [3.63, 3.8) is 0 Å². The Morgan fingerprint density at radius 1 is 1.36 bits per heavy atom. The van der Waals surface area contributed by atoms with E-state index in [9.17, 15) is 4.79 Å². The minimum atomic E-state index is 0.0610. The maximum Gasteiger partial charge on any atom is 0.272 e. The van der Waals surface area contributed by atoms with Gasteiger partial charge in [-0.3, -0.25) is 9.78 Å². The molecular formula is C10H12N2OS. The van der Waals surface area contributed by atoms with Crippen LogP contribution in [-0.4, -0.2) is 40.4 Å². The van der Waals surface area contributed by atoms with Gasteiger partial charge in [-0.15, -0.1) is 0 Å². The van der Waals surface area contributed by atoms with Gasteiger partial charge in [-0.05, 0) is 12.1 Å². The van der Waals surface area contributed by atoms with Crippen LogP contribution in [0, 0.1) is 0 Å². The fraction of sp³-hybridized carbons (Fsp3) is 0.400. The highest BCUT2D eigenvalue weighted by molar-refractivity contribution is 7.99. The second kappa shape index (κ2) is 4.46. The standard InChI is InChI=1S/C10H12N2OS/c13-10(9-3-1-2-4-11-9)12-5-7-14-8-6-12/h1-4H,5-8H2. The van der Waals surface area contributed by atoms with E-state index in [1.54, 1.807) is 12.3 Å². The minimum Gasteiger partial charge on any atom is -0.336 e. The second-order valence-electron chi connectivity index (χ2n) is 3.12. The lowest BCUT2D eigenvalue weighted by Gasteiger charge is -2.25. The first-order chi connectivity index (χ1) is 6.88. The maximum atomic E-state index is 11.9. The summed E-state index contributed by atoms with van der Waals surface area (Å²) in [7, 11) is 0. The maximum absolute atomic E-state index is 11.9. The van der Waals surface area contributed by atoms with Crippen molar-refractivity contribution in [2.24, 2.45) is 0 Å². The minimum absolute atomic E-state index is 0.0610. The Hall–Kier alpha value is -1.03. The molecule has 1 aromatic rings. The predicted molar refractivity (Wildman–Crippen MR) is 57.5 cm³/mol. The van der Waals surface area contributed by atoms with Crippen molar-refractivity contribution < 1.29 is 4.79 Å². The summed E-state index contributed by atoms with van der Waals surface area (Å²) < 4.78 is 0. The summed E-state index contributed by atoms with van der Waals surface area (Å²) in [5.74, 6) is 2.14. The quantitative estimate of drug-likeness (QED) is 0.697. The number of nitrogens with zero attached hydrogens (tertiary/aromatic N) is 2. The first kappa shape index (κ1) is 9.52. The van der Waals surface area contributed by atoms with Gasteiger partial charge in [0, 0.05) is 30.8 Å². The lowest BCUT2D eigenvalue weighted by molar-refractivity contribution is 0.0766. The third-order valence-electron chi connectivity index (χ3n) is 2.18. The van der Waals surface area contributed by atoms with Crippen molar-refractivity contribution in [1.29, 1.82) is 0 Å². The zero-order valence-electron chi connectivity index (χ0n) is 7.85. The zero-order chi connectivity index (χ0) is 9.80. The summed E-state index contributed by atoms with van der Waals surface area (Å²) in [4.78, 5) is 17.8. The lowest BCUT2D eigenvalue weighted by Crippen LogP contribution is -2.38. The van der Waals surface area contributed by atoms with Gasteiger partial charge in [0.2, 0.25) is 0 Å². The van der Waals surface area contributed by atoms with Gasteiger partial charge in [0.15, 0.2) is 0 Å². The topological polar surface area (TPSA) is 33.2 Å². The third-order valence-corrected chi connectivity index (χ3v) is 3.12. The van der Waals surface area contributed by atoms with E-state index in [1.165, 1.54) is 0 Å². The zero-order valence-corrected chi connectivity index (χ0v) is 8.67. The van der Waals surface area contributed by atoms with Crippen molar-refractivity contribution >= 4 is 17.7 Å². The molecule has 3 nitrogen and oxygen atoms in total. The number of amides is 1. The van der Waals surface area contributed by atoms with Crippen LogP contribution in [0.3, 0.4) is 0 Å². The molecule has 74 valence electrons. The van der Waals surface area contributed by atoms with Crippen LogP contribution in [0.15, 0.2) is 24.4 Å². The van der Waals surface area contributed by atoms with Crippen molar-refractivity contribution in [2.75, 3.05) is 24.6 Å². The van der Waals surface area contributed by atoms with Gasteiger partial charge in [-0.2, -0.15) is 11.8 Å². The molecule has 2 heterocycles. The highest BCUT2D eigenvalue weighted by atomic mass is 32.2. The number of hydrogen-bond acceptors (Lipinski definition) is 3. The summed E-state index contributed by atoms with van der Waals surface area (Å²) in [6.07, 6.45) is 1.66. The molecule has 4 heteroatoms. The van der Waals surface area contributed by atoms with E-state index in [1.807, 2.05) is 28.8 Å². The van der Waals surface area contributed by atoms with Crippen LogP contribution in [0.2, 0.25) is 0 Å². The molecule has 0 aromatic carbocycles. The molecule has 0 saturated carbocycles. The van der Waals surface area contributed by atoms with Crippen LogP contribution in [0.4, 0.5) is 0 Å². The smallest absolute Gasteiger partial charge is 0.272 e. The van der Waals surface area contributed by atoms with Gasteiger partial charge in [0.1, 0.15) is 5.69 Å². The lowest BCUT2D eigenvalue weighted by atomic mass is 10.3. The largest absolute Gasteiger partial charge is 0.336 e. The molecule has 1 aromatic heterocycles. The van der Waals surface area contributed by atoms with E-state index in [4.69, 9.17) is 0 Å². The summed E-state index contributed by atoms with van der Waals surface area (Å²) in [6.45, 7) is 1.69. The van der Waals surface area contributed by atoms with Crippen molar-refractivity contribution in [1.82, 2.24) is 9.88 Å². The Morgan fingerprint density at radius 2 is 2.14 bits per heavy atom. The van der Waals surface area contributed by atoms with E-state index in [0.717, 1.165) is 24.6 Å². The van der Waals surface area contributed by atoms with Gasteiger partial charge >= 0.3 is 0 Å². The number of aromatic nitrogens is 1. The fourth-order valence-electron chi connectivity index (χ4n) is 1.42. The highest BCUT2D eigenvalue weighted by Gasteiger charge is 2.18. The van der Waals surface area contributed by atoms with Crippen LogP contribution >= 0.6 is 11.8 Å². The van der Waals surface area contributed by atoms with E-state index in [-0.39, 0.29) is 5.91 Å². The molecule has 0 atom stereocenters. The van der Waals surface area contributed by atoms with E-state index in [0.29, 0.717) is 5.69 Å². The van der Waals surface area contributed by atoms with Gasteiger partial charge in [-0.25, -0.2) is 0 Å². The molecule has 1 saturated heterocycles. The number of hydrogen-bond donors (Lipinski definition) is 0. The average molecular weight is 208 g/mol. The van der Waals surface area contributed by atoms with Gasteiger partial charge in [0.25, 0.3) is 5.91 Å². The number of rotatable bonds is 1. The first-order valence-electron chi connectivity index (χ1n) is 4.66. The van der Waals surface area contributed by atoms with Crippen LogP contribution in [0.1, 0.15) is 10.5 Å². The molecule has 0 unspecified atom stereocenters. The molecule has 1 aliphatic rings. The first-order valence-corrected chi connectivity index (χ1v) is 5.81. The fourth-order valence-corrected chi connectivity index (χ4v) is 2.32. The Bertz CT molecular complexity index is 309. The molecule has 0 radical (unpaired) electrons. The number of thioether (sulfide) groups is 1. The number of carbonyl (C=O) groups excluding carboxylic acids is 1. The summed E-state index contributed by atoms with van der Waals surface area (Å²) in [5, 5.41) is 0. The monoisotopic (exact) mass is 208 g/mol. The second-order valence-corrected chi connectivity index (χ2v) is 4.34. The molecule has 0 N–H and O–H groups in total. The molecular weight excluding hydrogens is 196 g/mol. The molecule has 0 bridgehead atoms. The molecule has 14 heavy (non-hydrogen) atoms. The summed E-state index contributed by atoms with van der Waals surface area (Å²) in [5.41, 5.74) is 0.555. The number of pyridine rings is 1. The molecule has 1 amide bonds. The van der Waals surface area contributed by atoms with Crippen molar-refractivity contribution in [2.45, 2.75) is 0 Å². The van der Waals surface area contributed by atoms with E-state index in [2.05, 4.69) is 4.98 Å². The van der Waals surface area contributed by atoms with Crippen LogP contribution in [-0.2, 0) is 0 Å². The predicted octanol–water partition coefficient (Wildman–Crippen LogP) is 1.27. The molecule has 2 rings (SSSR count). The van der Waals surface area contributed by atoms with Crippen LogP contribution < -0.4 is 0 Å². The van der Waals surface area contributed by atoms with Gasteiger partial charge in [-0.1, -0.05) is 6.07 Å². The van der Waals surface area contributed by atoms with E-state index < -0.39 is 0 Å². The average Bonchev–Trinajstić information content (AvgIpc) is 2.30. The molecule has 1 aliphatic heterocycles. The summed E-state index contributed by atoms with van der Waals surface area (Å²) >= 11 is 1.90. The van der Waals surface area contributed by atoms with Crippen LogP contribution in [0.25, 0.3) is 0 Å². The Morgan fingerprint density at radius 3 is 2.79 bits per heavy atom. The Balaban J connectivity index is 2.07. The Kier molecular flexibility index (Phi) is 3.03. The van der Waals surface area contributed by atoms with Crippen molar-refractivity contribution in [3.05, 3.63) is 30.1 Å². The molecule has 1 fully saturated rings. The van der Waals surface area contributed by atoms with Crippen LogP contribution in [0.5, 0.6) is 0 Å². The van der Waals surface area contributed by atoms with Gasteiger partial charge in [0.05, 0.1) is 0 Å². The third kappa shape index (κ3) is 2.07. The Labute approximate surface area is 87.5 Å². The number of carbonyl (C=O) groups is 1. The van der Waals surface area contributed by atoms with Crippen molar-refractivity contribution in [3.8, 4) is 0 Å².